The second-order valence-corrected chi connectivity index (χ2v) is 5.93. The maximum Gasteiger partial charge on any atom is 0.243 e. The van der Waals surface area contributed by atoms with Crippen LogP contribution in [0.15, 0.2) is 41.8 Å². The number of nitrogens with one attached hydrogen (secondary N) is 3. The zero-order chi connectivity index (χ0) is 16.7. The molecule has 3 N–H and O–H groups in total. The van der Waals surface area contributed by atoms with E-state index in [1.165, 1.54) is 24.3 Å². The third kappa shape index (κ3) is 5.80. The second-order valence-electron chi connectivity index (χ2n) is 4.95. The minimum absolute atomic E-state index is 0.0776. The van der Waals surface area contributed by atoms with Gasteiger partial charge in [0.1, 0.15) is 5.82 Å². The Balaban J connectivity index is 1.67. The average molecular weight is 335 g/mol. The summed E-state index contributed by atoms with van der Waals surface area (Å²) >= 11 is 1.62. The highest BCUT2D eigenvalue weighted by molar-refractivity contribution is 7.10. The van der Waals surface area contributed by atoms with E-state index in [1.807, 2.05) is 24.4 Å². The van der Waals surface area contributed by atoms with Crippen LogP contribution in [0.4, 0.5) is 10.1 Å². The summed E-state index contributed by atoms with van der Waals surface area (Å²) in [5.74, 6) is -0.999. The molecule has 0 aliphatic carbocycles. The van der Waals surface area contributed by atoms with Crippen LogP contribution >= 0.6 is 11.3 Å². The molecule has 1 heterocycles. The number of carbonyl (C=O) groups excluding carboxylic acids is 2. The van der Waals surface area contributed by atoms with Crippen molar-refractivity contribution in [2.24, 2.45) is 0 Å². The van der Waals surface area contributed by atoms with Crippen LogP contribution in [0.1, 0.15) is 17.8 Å². The zero-order valence-electron chi connectivity index (χ0n) is 12.6. The number of carbonyl (C=O) groups is 2. The average Bonchev–Trinajstić information content (AvgIpc) is 3.07. The summed E-state index contributed by atoms with van der Waals surface area (Å²) in [6.07, 6.45) is 0. The van der Waals surface area contributed by atoms with E-state index in [0.717, 1.165) is 4.88 Å². The maximum atomic E-state index is 12.8. The third-order valence-electron chi connectivity index (χ3n) is 3.11. The van der Waals surface area contributed by atoms with E-state index in [0.29, 0.717) is 5.69 Å². The number of thiophene rings is 1. The van der Waals surface area contributed by atoms with Crippen molar-refractivity contribution >= 4 is 28.8 Å². The Kier molecular flexibility index (Phi) is 6.25. The second kappa shape index (κ2) is 8.40. The van der Waals surface area contributed by atoms with Crippen LogP contribution in [-0.2, 0) is 9.59 Å². The van der Waals surface area contributed by atoms with Gasteiger partial charge in [-0.05, 0) is 42.6 Å². The van der Waals surface area contributed by atoms with Crippen molar-refractivity contribution in [3.05, 3.63) is 52.5 Å². The molecular formula is C16H18FN3O2S. The Morgan fingerprint density at radius 3 is 2.52 bits per heavy atom. The van der Waals surface area contributed by atoms with E-state index in [-0.39, 0.29) is 36.8 Å². The van der Waals surface area contributed by atoms with E-state index >= 15 is 0 Å². The first-order valence-electron chi connectivity index (χ1n) is 7.13. The number of hydrogen-bond donors (Lipinski definition) is 3. The summed E-state index contributed by atoms with van der Waals surface area (Å²) in [6, 6.07) is 9.45. The molecule has 0 saturated carbocycles. The van der Waals surface area contributed by atoms with Crippen molar-refractivity contribution in [3.63, 3.8) is 0 Å². The van der Waals surface area contributed by atoms with Crippen LogP contribution in [0.25, 0.3) is 0 Å². The summed E-state index contributed by atoms with van der Waals surface area (Å²) in [7, 11) is 0. The van der Waals surface area contributed by atoms with Crippen LogP contribution in [0.3, 0.4) is 0 Å². The van der Waals surface area contributed by atoms with Crippen molar-refractivity contribution in [1.82, 2.24) is 10.6 Å². The van der Waals surface area contributed by atoms with Gasteiger partial charge in [0.25, 0.3) is 0 Å². The lowest BCUT2D eigenvalue weighted by Crippen LogP contribution is -2.39. The number of amides is 2. The number of halogens is 1. The molecule has 5 nitrogen and oxygen atoms in total. The Labute approximate surface area is 137 Å². The first kappa shape index (κ1) is 17.1. The predicted octanol–water partition coefficient (Wildman–Crippen LogP) is 2.29. The van der Waals surface area contributed by atoms with Crippen LogP contribution in [-0.4, -0.2) is 24.9 Å². The standard InChI is InChI=1S/C16H18FN3O2S/c1-11(14-3-2-8-23-14)18-9-15(21)19-10-16(22)20-13-6-4-12(17)5-7-13/h2-8,11,18H,9-10H2,1H3,(H,19,21)(H,20,22)/t11-/m0/s1. The van der Waals surface area contributed by atoms with Crippen molar-refractivity contribution in [3.8, 4) is 0 Å². The molecule has 0 unspecified atom stereocenters. The summed E-state index contributed by atoms with van der Waals surface area (Å²) in [5, 5.41) is 10.2. The summed E-state index contributed by atoms with van der Waals surface area (Å²) in [4.78, 5) is 24.6. The minimum Gasteiger partial charge on any atom is -0.346 e. The number of benzene rings is 1. The molecule has 0 saturated heterocycles. The number of hydrogen-bond acceptors (Lipinski definition) is 4. The Bertz CT molecular complexity index is 644. The molecule has 23 heavy (non-hydrogen) atoms. The van der Waals surface area contributed by atoms with Crippen LogP contribution in [0.5, 0.6) is 0 Å². The first-order valence-corrected chi connectivity index (χ1v) is 8.01. The molecule has 2 aromatic rings. The fourth-order valence-corrected chi connectivity index (χ4v) is 2.62. The zero-order valence-corrected chi connectivity index (χ0v) is 13.5. The van der Waals surface area contributed by atoms with Crippen molar-refractivity contribution in [1.29, 1.82) is 0 Å². The molecule has 0 fully saturated rings. The van der Waals surface area contributed by atoms with E-state index in [2.05, 4.69) is 16.0 Å². The number of anilines is 1. The minimum atomic E-state index is -0.373. The summed E-state index contributed by atoms with van der Waals surface area (Å²) < 4.78 is 12.8. The molecule has 7 heteroatoms. The third-order valence-corrected chi connectivity index (χ3v) is 4.17. The van der Waals surface area contributed by atoms with Gasteiger partial charge in [0.05, 0.1) is 13.1 Å². The van der Waals surface area contributed by atoms with Gasteiger partial charge in [-0.3, -0.25) is 9.59 Å². The highest BCUT2D eigenvalue weighted by Gasteiger charge is 2.09. The molecular weight excluding hydrogens is 317 g/mol. The van der Waals surface area contributed by atoms with Crippen LogP contribution in [0, 0.1) is 5.82 Å². The van der Waals surface area contributed by atoms with Gasteiger partial charge in [-0.2, -0.15) is 0 Å². The molecule has 0 aliphatic heterocycles. The lowest BCUT2D eigenvalue weighted by atomic mass is 10.3. The van der Waals surface area contributed by atoms with Crippen LogP contribution in [0.2, 0.25) is 0 Å². The van der Waals surface area contributed by atoms with E-state index in [4.69, 9.17) is 0 Å². The Hall–Kier alpha value is -2.25. The summed E-state index contributed by atoms with van der Waals surface area (Å²) in [6.45, 7) is 1.97. The number of rotatable bonds is 7. The summed E-state index contributed by atoms with van der Waals surface area (Å²) in [5.41, 5.74) is 0.482. The van der Waals surface area contributed by atoms with E-state index in [1.54, 1.807) is 11.3 Å². The largest absolute Gasteiger partial charge is 0.346 e. The monoisotopic (exact) mass is 335 g/mol. The first-order chi connectivity index (χ1) is 11.0. The van der Waals surface area contributed by atoms with E-state index < -0.39 is 0 Å². The molecule has 1 aromatic carbocycles. The Morgan fingerprint density at radius 2 is 1.87 bits per heavy atom. The molecule has 2 amide bonds. The van der Waals surface area contributed by atoms with Gasteiger partial charge in [0.2, 0.25) is 11.8 Å². The fourth-order valence-electron chi connectivity index (χ4n) is 1.86. The quantitative estimate of drug-likeness (QED) is 0.727. The highest BCUT2D eigenvalue weighted by Crippen LogP contribution is 2.17. The molecule has 0 spiro atoms. The van der Waals surface area contributed by atoms with Crippen molar-refractivity contribution in [2.45, 2.75) is 13.0 Å². The molecule has 0 bridgehead atoms. The van der Waals surface area contributed by atoms with Crippen molar-refractivity contribution < 1.29 is 14.0 Å². The topological polar surface area (TPSA) is 70.2 Å². The van der Waals surface area contributed by atoms with Crippen molar-refractivity contribution in [2.75, 3.05) is 18.4 Å². The van der Waals surface area contributed by atoms with Gasteiger partial charge in [0.15, 0.2) is 0 Å². The molecule has 0 aliphatic rings. The Morgan fingerprint density at radius 1 is 1.13 bits per heavy atom. The SMILES string of the molecule is C[C@H](NCC(=O)NCC(=O)Nc1ccc(F)cc1)c1cccs1. The lowest BCUT2D eigenvalue weighted by molar-refractivity contribution is -0.123. The lowest BCUT2D eigenvalue weighted by Gasteiger charge is -2.12. The normalized spacial score (nSPS) is 11.7. The smallest absolute Gasteiger partial charge is 0.243 e. The molecule has 1 atom stereocenters. The molecule has 0 radical (unpaired) electrons. The highest BCUT2D eigenvalue weighted by atomic mass is 32.1. The van der Waals surface area contributed by atoms with Crippen LogP contribution < -0.4 is 16.0 Å². The van der Waals surface area contributed by atoms with Gasteiger partial charge in [-0.25, -0.2) is 4.39 Å². The maximum absolute atomic E-state index is 12.8. The van der Waals surface area contributed by atoms with Gasteiger partial charge in [-0.15, -0.1) is 11.3 Å². The molecule has 2 rings (SSSR count). The molecule has 1 aromatic heterocycles. The molecule has 122 valence electrons. The fraction of sp³-hybridized carbons (Fsp3) is 0.250. The van der Waals surface area contributed by atoms with E-state index in [9.17, 15) is 14.0 Å². The van der Waals surface area contributed by atoms with Gasteiger partial charge >= 0.3 is 0 Å². The van der Waals surface area contributed by atoms with Gasteiger partial charge in [-0.1, -0.05) is 6.07 Å². The predicted molar refractivity (Wildman–Crippen MR) is 88.8 cm³/mol. The van der Waals surface area contributed by atoms with Gasteiger partial charge in [0, 0.05) is 16.6 Å². The van der Waals surface area contributed by atoms with Gasteiger partial charge < -0.3 is 16.0 Å².